The van der Waals surface area contributed by atoms with Crippen LogP contribution in [0.3, 0.4) is 0 Å². The third kappa shape index (κ3) is 1.24. The predicted molar refractivity (Wildman–Crippen MR) is 40.1 cm³/mol. The summed E-state index contributed by atoms with van der Waals surface area (Å²) < 4.78 is 0. The molecule has 0 aromatic carbocycles. The van der Waals surface area contributed by atoms with E-state index < -0.39 is 5.79 Å². The van der Waals surface area contributed by atoms with Crippen LogP contribution in [-0.4, -0.2) is 5.79 Å². The van der Waals surface area contributed by atoms with Crippen LogP contribution in [0.15, 0.2) is 15.3 Å². The van der Waals surface area contributed by atoms with Crippen molar-refractivity contribution in [3.8, 4) is 0 Å². The van der Waals surface area contributed by atoms with E-state index >= 15 is 0 Å². The molecule has 1 saturated carbocycles. The van der Waals surface area contributed by atoms with Gasteiger partial charge in [-0.05, 0) is 12.8 Å². The lowest BCUT2D eigenvalue weighted by atomic mass is 10.0. The molecule has 3 N–H and O–H groups in total. The van der Waals surface area contributed by atoms with Crippen LogP contribution in [0.5, 0.6) is 0 Å². The highest BCUT2D eigenvalue weighted by molar-refractivity contribution is 4.88. The number of rotatable bonds is 4. The predicted octanol–water partition coefficient (Wildman–Crippen LogP) is 2.92. The summed E-state index contributed by atoms with van der Waals surface area (Å²) in [6, 6.07) is 0. The maximum atomic E-state index is 6.87. The highest BCUT2D eigenvalue weighted by Gasteiger charge is 2.40. The molecule has 6 heteroatoms. The lowest BCUT2D eigenvalue weighted by molar-refractivity contribution is 0.248. The van der Waals surface area contributed by atoms with E-state index in [0.29, 0.717) is 0 Å². The largest absolute Gasteiger partial charge is 0.300 e. The lowest BCUT2D eigenvalue weighted by Gasteiger charge is -2.21. The van der Waals surface area contributed by atoms with Crippen molar-refractivity contribution in [2.24, 2.45) is 21.3 Å². The van der Waals surface area contributed by atoms with Gasteiger partial charge in [-0.3, -0.25) is 0 Å². The van der Waals surface area contributed by atoms with Crippen LogP contribution in [0.25, 0.3) is 0 Å². The molecule has 0 aromatic rings. The SMILES string of the molecule is N=NC(N=N)(N=N)C1CCCC1. The van der Waals surface area contributed by atoms with Crippen molar-refractivity contribution in [3.63, 3.8) is 0 Å². The van der Waals surface area contributed by atoms with Crippen molar-refractivity contribution in [3.05, 3.63) is 0 Å². The molecule has 0 amide bonds. The van der Waals surface area contributed by atoms with Crippen molar-refractivity contribution >= 4 is 0 Å². The van der Waals surface area contributed by atoms with Gasteiger partial charge >= 0.3 is 5.79 Å². The number of nitrogens with zero attached hydrogens (tertiary/aromatic N) is 3. The van der Waals surface area contributed by atoms with Crippen molar-refractivity contribution in [2.75, 3.05) is 0 Å². The standard InChI is InChI=1S/C6H12N6/c7-10-6(11-8,12-9)5-3-1-2-4-5/h5,7-9H,1-4H2. The van der Waals surface area contributed by atoms with E-state index in [0.717, 1.165) is 25.7 Å². The Bertz CT molecular complexity index is 172. The third-order valence-electron chi connectivity index (χ3n) is 2.40. The molecule has 1 fully saturated rings. The van der Waals surface area contributed by atoms with Crippen LogP contribution < -0.4 is 0 Å². The van der Waals surface area contributed by atoms with Gasteiger partial charge in [-0.1, -0.05) is 12.8 Å². The molecule has 6 nitrogen and oxygen atoms in total. The molecule has 0 saturated heterocycles. The second-order valence-corrected chi connectivity index (χ2v) is 3.00. The average molecular weight is 168 g/mol. The Balaban J connectivity index is 2.81. The van der Waals surface area contributed by atoms with Gasteiger partial charge in [-0.2, -0.15) is 0 Å². The molecule has 0 aliphatic heterocycles. The van der Waals surface area contributed by atoms with Crippen LogP contribution in [0.4, 0.5) is 0 Å². The van der Waals surface area contributed by atoms with Gasteiger partial charge in [0.25, 0.3) is 0 Å². The number of nitrogens with one attached hydrogen (secondary N) is 3. The normalized spacial score (nSPS) is 23.0. The summed E-state index contributed by atoms with van der Waals surface area (Å²) in [7, 11) is 0. The minimum absolute atomic E-state index is 0.00926. The highest BCUT2D eigenvalue weighted by atomic mass is 15.4. The molecule has 0 heterocycles. The summed E-state index contributed by atoms with van der Waals surface area (Å²) in [6.07, 6.45) is 3.86. The molecule has 1 aliphatic carbocycles. The molecule has 66 valence electrons. The molecule has 1 rings (SSSR count). The Kier molecular flexibility index (Phi) is 2.57. The van der Waals surface area contributed by atoms with Gasteiger partial charge in [0.2, 0.25) is 0 Å². The topological polar surface area (TPSA) is 109 Å². The van der Waals surface area contributed by atoms with Crippen LogP contribution in [0.2, 0.25) is 0 Å². The number of hydrogen-bond acceptors (Lipinski definition) is 6. The van der Waals surface area contributed by atoms with Crippen LogP contribution in [0.1, 0.15) is 25.7 Å². The fourth-order valence-electron chi connectivity index (χ4n) is 1.66. The maximum Gasteiger partial charge on any atom is 0.300 e. The Hall–Kier alpha value is -1.20. The van der Waals surface area contributed by atoms with Crippen LogP contribution in [0, 0.1) is 22.5 Å². The summed E-state index contributed by atoms with van der Waals surface area (Å²) in [5.74, 6) is -1.43. The molecule has 0 unspecified atom stereocenters. The fraction of sp³-hybridized carbons (Fsp3) is 1.00. The summed E-state index contributed by atoms with van der Waals surface area (Å²) >= 11 is 0. The van der Waals surface area contributed by atoms with E-state index in [9.17, 15) is 0 Å². The zero-order valence-electron chi connectivity index (χ0n) is 6.75. The van der Waals surface area contributed by atoms with E-state index in [1.165, 1.54) is 0 Å². The molecule has 0 atom stereocenters. The minimum Gasteiger partial charge on any atom is -0.205 e. The quantitative estimate of drug-likeness (QED) is 0.536. The first-order valence-electron chi connectivity index (χ1n) is 3.95. The summed E-state index contributed by atoms with van der Waals surface area (Å²) in [5, 5.41) is 9.54. The van der Waals surface area contributed by atoms with Crippen LogP contribution >= 0.6 is 0 Å². The van der Waals surface area contributed by atoms with Gasteiger partial charge in [0.1, 0.15) is 0 Å². The first kappa shape index (κ1) is 8.89. The van der Waals surface area contributed by atoms with Gasteiger partial charge in [-0.25, -0.2) is 16.6 Å². The van der Waals surface area contributed by atoms with Gasteiger partial charge in [0, 0.05) is 5.92 Å². The highest BCUT2D eigenvalue weighted by Crippen LogP contribution is 2.38. The second-order valence-electron chi connectivity index (χ2n) is 3.00. The van der Waals surface area contributed by atoms with Gasteiger partial charge in [0.15, 0.2) is 0 Å². The molecular formula is C6H12N6. The molecular weight excluding hydrogens is 156 g/mol. The minimum atomic E-state index is -1.42. The number of hydrogen-bond donors (Lipinski definition) is 3. The third-order valence-corrected chi connectivity index (χ3v) is 2.40. The van der Waals surface area contributed by atoms with Gasteiger partial charge in [0.05, 0.1) is 0 Å². The fourth-order valence-corrected chi connectivity index (χ4v) is 1.66. The Labute approximate surface area is 70.3 Å². The van der Waals surface area contributed by atoms with E-state index in [4.69, 9.17) is 16.6 Å². The molecule has 1 aliphatic rings. The molecule has 0 spiro atoms. The van der Waals surface area contributed by atoms with E-state index in [1.54, 1.807) is 0 Å². The van der Waals surface area contributed by atoms with Crippen molar-refractivity contribution < 1.29 is 0 Å². The Morgan fingerprint density at radius 3 is 1.67 bits per heavy atom. The van der Waals surface area contributed by atoms with E-state index in [-0.39, 0.29) is 5.92 Å². The maximum absolute atomic E-state index is 6.87. The Morgan fingerprint density at radius 2 is 1.33 bits per heavy atom. The lowest BCUT2D eigenvalue weighted by Crippen LogP contribution is -2.28. The summed E-state index contributed by atoms with van der Waals surface area (Å²) in [6.45, 7) is 0. The zero-order chi connectivity index (χ0) is 9.03. The smallest absolute Gasteiger partial charge is 0.205 e. The zero-order valence-corrected chi connectivity index (χ0v) is 6.75. The first-order valence-corrected chi connectivity index (χ1v) is 3.95. The average Bonchev–Trinajstić information content (AvgIpc) is 2.62. The molecule has 0 radical (unpaired) electrons. The van der Waals surface area contributed by atoms with Crippen molar-refractivity contribution in [1.29, 1.82) is 16.6 Å². The molecule has 0 bridgehead atoms. The first-order chi connectivity index (χ1) is 5.79. The van der Waals surface area contributed by atoms with Gasteiger partial charge < -0.3 is 0 Å². The van der Waals surface area contributed by atoms with Crippen LogP contribution in [-0.2, 0) is 0 Å². The summed E-state index contributed by atoms with van der Waals surface area (Å²) in [4.78, 5) is 0. The Morgan fingerprint density at radius 1 is 0.917 bits per heavy atom. The van der Waals surface area contributed by atoms with Crippen molar-refractivity contribution in [1.82, 2.24) is 0 Å². The second kappa shape index (κ2) is 3.46. The van der Waals surface area contributed by atoms with Crippen molar-refractivity contribution in [2.45, 2.75) is 31.5 Å². The molecule has 0 aromatic heterocycles. The molecule has 12 heavy (non-hydrogen) atoms. The monoisotopic (exact) mass is 168 g/mol. The van der Waals surface area contributed by atoms with E-state index in [1.807, 2.05) is 0 Å². The van der Waals surface area contributed by atoms with E-state index in [2.05, 4.69) is 15.3 Å². The van der Waals surface area contributed by atoms with Gasteiger partial charge in [-0.15, -0.1) is 15.3 Å². The summed E-state index contributed by atoms with van der Waals surface area (Å²) in [5.41, 5.74) is 20.6.